The van der Waals surface area contributed by atoms with Crippen molar-refractivity contribution in [2.45, 2.75) is 82.9 Å². The first kappa shape index (κ1) is 16.7. The summed E-state index contributed by atoms with van der Waals surface area (Å²) in [4.78, 5) is 20.0. The van der Waals surface area contributed by atoms with Gasteiger partial charge in [0.15, 0.2) is 5.13 Å². The Balaban J connectivity index is 1.71. The first-order valence-corrected chi connectivity index (χ1v) is 9.74. The van der Waals surface area contributed by atoms with Crippen LogP contribution in [0.5, 0.6) is 0 Å². The molecule has 1 aromatic rings. The zero-order valence-corrected chi connectivity index (χ0v) is 14.5. The van der Waals surface area contributed by atoms with Crippen molar-refractivity contribution in [3.8, 4) is 0 Å². The second-order valence-electron chi connectivity index (χ2n) is 6.71. The number of aliphatic hydroxyl groups excluding tert-OH is 1. The number of nitrogens with one attached hydrogen (secondary N) is 1. The Morgan fingerprint density at radius 3 is 2.17 bits per heavy atom. The standard InChI is InChI=1S/C17H27N3O2S/c21-12-15-11-18-16(23-15)19-17(22)20(13-7-3-1-4-8-13)14-9-5-2-6-10-14/h11,13-14,21H,1-10,12H2,(H,18,19,22). The fourth-order valence-corrected chi connectivity index (χ4v) is 4.60. The Kier molecular flexibility index (Phi) is 5.89. The molecule has 0 spiro atoms. The highest BCUT2D eigenvalue weighted by atomic mass is 32.1. The molecule has 2 aliphatic rings. The molecule has 5 nitrogen and oxygen atoms in total. The van der Waals surface area contributed by atoms with Gasteiger partial charge in [0.2, 0.25) is 0 Å². The number of anilines is 1. The molecule has 0 aliphatic heterocycles. The van der Waals surface area contributed by atoms with Crippen molar-refractivity contribution in [3.05, 3.63) is 11.1 Å². The van der Waals surface area contributed by atoms with Crippen LogP contribution < -0.4 is 5.32 Å². The molecule has 0 saturated heterocycles. The predicted molar refractivity (Wildman–Crippen MR) is 92.6 cm³/mol. The summed E-state index contributed by atoms with van der Waals surface area (Å²) in [6.45, 7) is -0.0253. The molecule has 3 rings (SSSR count). The Morgan fingerprint density at radius 1 is 1.13 bits per heavy atom. The van der Waals surface area contributed by atoms with Gasteiger partial charge in [-0.2, -0.15) is 0 Å². The fraction of sp³-hybridized carbons (Fsp3) is 0.765. The van der Waals surface area contributed by atoms with E-state index in [9.17, 15) is 4.79 Å². The number of thiazole rings is 1. The summed E-state index contributed by atoms with van der Waals surface area (Å²) in [7, 11) is 0. The summed E-state index contributed by atoms with van der Waals surface area (Å²) in [6.07, 6.45) is 13.7. The molecule has 0 aromatic carbocycles. The van der Waals surface area contributed by atoms with E-state index in [4.69, 9.17) is 5.11 Å². The van der Waals surface area contributed by atoms with Crippen LogP contribution in [0.4, 0.5) is 9.93 Å². The molecule has 0 bridgehead atoms. The zero-order chi connectivity index (χ0) is 16.1. The van der Waals surface area contributed by atoms with Crippen LogP contribution in [-0.2, 0) is 6.61 Å². The third kappa shape index (κ3) is 4.23. The number of carbonyl (C=O) groups is 1. The lowest BCUT2D eigenvalue weighted by molar-refractivity contribution is 0.114. The second-order valence-corrected chi connectivity index (χ2v) is 7.83. The van der Waals surface area contributed by atoms with E-state index < -0.39 is 0 Å². The predicted octanol–water partition coefficient (Wildman–Crippen LogP) is 4.13. The lowest BCUT2D eigenvalue weighted by atomic mass is 9.89. The molecule has 128 valence electrons. The molecule has 2 saturated carbocycles. The van der Waals surface area contributed by atoms with Gasteiger partial charge in [0.1, 0.15) is 0 Å². The highest BCUT2D eigenvalue weighted by molar-refractivity contribution is 7.15. The van der Waals surface area contributed by atoms with Gasteiger partial charge in [-0.25, -0.2) is 9.78 Å². The minimum atomic E-state index is -0.0253. The number of rotatable bonds is 4. The van der Waals surface area contributed by atoms with Gasteiger partial charge in [-0.05, 0) is 25.7 Å². The average Bonchev–Trinajstić information content (AvgIpc) is 3.04. The van der Waals surface area contributed by atoms with Crippen molar-refractivity contribution >= 4 is 22.5 Å². The minimum absolute atomic E-state index is 0.00244. The summed E-state index contributed by atoms with van der Waals surface area (Å²) in [5.41, 5.74) is 0. The minimum Gasteiger partial charge on any atom is -0.391 e. The molecule has 2 amide bonds. The first-order chi connectivity index (χ1) is 11.3. The molecule has 2 fully saturated rings. The van der Waals surface area contributed by atoms with Gasteiger partial charge in [0, 0.05) is 18.3 Å². The third-order valence-corrected chi connectivity index (χ3v) is 5.99. The molecule has 2 aliphatic carbocycles. The highest BCUT2D eigenvalue weighted by Gasteiger charge is 2.32. The van der Waals surface area contributed by atoms with Crippen LogP contribution in [-0.4, -0.2) is 33.1 Å². The van der Waals surface area contributed by atoms with Gasteiger partial charge in [0.05, 0.1) is 11.5 Å². The lowest BCUT2D eigenvalue weighted by Gasteiger charge is -2.41. The number of hydrogen-bond acceptors (Lipinski definition) is 4. The van der Waals surface area contributed by atoms with Gasteiger partial charge in [-0.15, -0.1) is 0 Å². The summed E-state index contributed by atoms with van der Waals surface area (Å²) >= 11 is 1.35. The van der Waals surface area contributed by atoms with Crippen molar-refractivity contribution in [1.29, 1.82) is 0 Å². The molecule has 6 heteroatoms. The quantitative estimate of drug-likeness (QED) is 0.868. The molecular weight excluding hydrogens is 310 g/mol. The maximum Gasteiger partial charge on any atom is 0.324 e. The molecule has 0 atom stereocenters. The maximum absolute atomic E-state index is 12.9. The molecule has 0 unspecified atom stereocenters. The average molecular weight is 337 g/mol. The summed E-state index contributed by atoms with van der Waals surface area (Å²) in [5.74, 6) is 0. The number of aromatic nitrogens is 1. The normalized spacial score (nSPS) is 20.4. The number of amides is 2. The fourth-order valence-electron chi connectivity index (χ4n) is 3.94. The van der Waals surface area contributed by atoms with Crippen LogP contribution in [0.15, 0.2) is 6.20 Å². The van der Waals surface area contributed by atoms with E-state index in [1.165, 1.54) is 49.9 Å². The largest absolute Gasteiger partial charge is 0.391 e. The van der Waals surface area contributed by atoms with E-state index in [1.807, 2.05) is 0 Å². The van der Waals surface area contributed by atoms with Crippen molar-refractivity contribution in [3.63, 3.8) is 0 Å². The summed E-state index contributed by atoms with van der Waals surface area (Å²) in [5, 5.41) is 12.7. The Morgan fingerprint density at radius 2 is 1.70 bits per heavy atom. The van der Waals surface area contributed by atoms with E-state index in [0.29, 0.717) is 17.2 Å². The zero-order valence-electron chi connectivity index (χ0n) is 13.7. The van der Waals surface area contributed by atoms with Gasteiger partial charge in [-0.3, -0.25) is 5.32 Å². The molecule has 23 heavy (non-hydrogen) atoms. The van der Waals surface area contributed by atoms with E-state index >= 15 is 0 Å². The summed E-state index contributed by atoms with van der Waals surface area (Å²) < 4.78 is 0. The molecule has 1 heterocycles. The Hall–Kier alpha value is -1.14. The Labute approximate surface area is 142 Å². The maximum atomic E-state index is 12.9. The number of nitrogens with zero attached hydrogens (tertiary/aromatic N) is 2. The van der Waals surface area contributed by atoms with Crippen LogP contribution in [0.3, 0.4) is 0 Å². The number of hydrogen-bond donors (Lipinski definition) is 2. The molecular formula is C17H27N3O2S. The van der Waals surface area contributed by atoms with Crippen molar-refractivity contribution < 1.29 is 9.90 Å². The van der Waals surface area contributed by atoms with E-state index in [0.717, 1.165) is 30.6 Å². The molecule has 2 N–H and O–H groups in total. The van der Waals surface area contributed by atoms with Gasteiger partial charge in [0.25, 0.3) is 0 Å². The van der Waals surface area contributed by atoms with Crippen molar-refractivity contribution in [1.82, 2.24) is 9.88 Å². The van der Waals surface area contributed by atoms with E-state index in [2.05, 4.69) is 15.2 Å². The van der Waals surface area contributed by atoms with Crippen LogP contribution in [0, 0.1) is 0 Å². The van der Waals surface area contributed by atoms with Gasteiger partial charge >= 0.3 is 6.03 Å². The monoisotopic (exact) mass is 337 g/mol. The van der Waals surface area contributed by atoms with E-state index in [-0.39, 0.29) is 12.6 Å². The number of urea groups is 1. The van der Waals surface area contributed by atoms with Crippen LogP contribution in [0.2, 0.25) is 0 Å². The third-order valence-electron chi connectivity index (χ3n) is 5.09. The SMILES string of the molecule is O=C(Nc1ncc(CO)s1)N(C1CCCCC1)C1CCCCC1. The number of aliphatic hydroxyl groups is 1. The topological polar surface area (TPSA) is 65.5 Å². The molecule has 0 radical (unpaired) electrons. The summed E-state index contributed by atoms with van der Waals surface area (Å²) in [6, 6.07) is 0.760. The van der Waals surface area contributed by atoms with Crippen molar-refractivity contribution in [2.75, 3.05) is 5.32 Å². The van der Waals surface area contributed by atoms with Crippen LogP contribution in [0.1, 0.15) is 69.1 Å². The van der Waals surface area contributed by atoms with Crippen LogP contribution >= 0.6 is 11.3 Å². The van der Waals surface area contributed by atoms with Gasteiger partial charge < -0.3 is 10.0 Å². The smallest absolute Gasteiger partial charge is 0.324 e. The van der Waals surface area contributed by atoms with Crippen molar-refractivity contribution in [2.24, 2.45) is 0 Å². The highest BCUT2D eigenvalue weighted by Crippen LogP contribution is 2.31. The first-order valence-electron chi connectivity index (χ1n) is 8.93. The lowest BCUT2D eigenvalue weighted by Crippen LogP contribution is -2.50. The van der Waals surface area contributed by atoms with E-state index in [1.54, 1.807) is 6.20 Å². The Bertz CT molecular complexity index is 490. The molecule has 1 aromatic heterocycles. The van der Waals surface area contributed by atoms with Crippen LogP contribution in [0.25, 0.3) is 0 Å². The number of carbonyl (C=O) groups excluding carboxylic acids is 1. The van der Waals surface area contributed by atoms with Gasteiger partial charge in [-0.1, -0.05) is 49.9 Å². The second kappa shape index (κ2) is 8.11.